The van der Waals surface area contributed by atoms with E-state index in [1.807, 2.05) is 49.4 Å². The topological polar surface area (TPSA) is 35.0 Å². The molecule has 0 atom stereocenters. The van der Waals surface area contributed by atoms with Crippen molar-refractivity contribution in [3.63, 3.8) is 0 Å². The maximum atomic E-state index is 5.26. The Labute approximate surface area is 143 Å². The second kappa shape index (κ2) is 6.42. The summed E-state index contributed by atoms with van der Waals surface area (Å²) in [5.74, 6) is 0.817. The molecule has 0 fully saturated rings. The molecule has 0 saturated heterocycles. The minimum atomic E-state index is 0. The van der Waals surface area contributed by atoms with Gasteiger partial charge in [-0.2, -0.15) is 0 Å². The molecule has 20 heavy (non-hydrogen) atoms. The molecule has 0 amide bonds. The van der Waals surface area contributed by atoms with Crippen LogP contribution in [0, 0.1) is 13.3 Å². The molecule has 1 radical (unpaired) electrons. The van der Waals surface area contributed by atoms with Crippen molar-refractivity contribution in [2.24, 2.45) is 0 Å². The van der Waals surface area contributed by atoms with Crippen LogP contribution in [0.15, 0.2) is 42.5 Å². The number of benzene rings is 2. The van der Waals surface area contributed by atoms with Crippen LogP contribution in [-0.2, 0) is 32.7 Å². The van der Waals surface area contributed by atoms with Gasteiger partial charge in [0.25, 0.3) is 0 Å². The molecule has 0 N–H and O–H groups in total. The molecule has 3 aromatic rings. The van der Waals surface area contributed by atoms with Crippen LogP contribution in [0.4, 0.5) is 0 Å². The van der Waals surface area contributed by atoms with E-state index in [2.05, 4.69) is 16.3 Å². The van der Waals surface area contributed by atoms with Crippen LogP contribution >= 0.6 is 0 Å². The van der Waals surface area contributed by atoms with Crippen LogP contribution in [0.3, 0.4) is 0 Å². The van der Waals surface area contributed by atoms with Crippen molar-refractivity contribution in [1.29, 1.82) is 0 Å². The van der Waals surface area contributed by atoms with Gasteiger partial charge in [0, 0.05) is 39.0 Å². The second-order valence-electron chi connectivity index (χ2n) is 4.38. The minimum Gasteiger partial charge on any atom is -0.497 e. The Morgan fingerprint density at radius 2 is 1.85 bits per heavy atom. The summed E-state index contributed by atoms with van der Waals surface area (Å²) < 4.78 is 5.26. The third-order valence-corrected chi connectivity index (χ3v) is 3.16. The average molecular weight is 338 g/mol. The summed E-state index contributed by atoms with van der Waals surface area (Å²) in [7, 11) is 1.66. The predicted octanol–water partition coefficient (Wildman–Crippen LogP) is 3.41. The second-order valence-corrected chi connectivity index (χ2v) is 4.38. The molecule has 0 saturated carbocycles. The van der Waals surface area contributed by atoms with Gasteiger partial charge in [0.2, 0.25) is 0 Å². The number of aryl methyl sites for hydroxylation is 1. The number of aromatic nitrogens is 2. The smallest absolute Gasteiger partial charge is 0.118 e. The zero-order valence-electron chi connectivity index (χ0n) is 11.4. The van der Waals surface area contributed by atoms with Gasteiger partial charge < -0.3 is 14.7 Å². The molecule has 0 spiro atoms. The standard InChI is InChI=1S/C16H13N2O.Y/c1-11-5-3-8-14-15(11)17-10-18-16(14)12-6-4-7-13(9-12)19-2;/h3-9H,1-2H3;/q-1;. The molecule has 3 rings (SSSR count). The largest absolute Gasteiger partial charge is 0.497 e. The van der Waals surface area contributed by atoms with Gasteiger partial charge in [-0.1, -0.05) is 46.8 Å². The molecule has 97 valence electrons. The quantitative estimate of drug-likeness (QED) is 0.672. The van der Waals surface area contributed by atoms with Gasteiger partial charge in [0.15, 0.2) is 0 Å². The van der Waals surface area contributed by atoms with E-state index >= 15 is 0 Å². The van der Waals surface area contributed by atoms with Gasteiger partial charge in [-0.15, -0.1) is 0 Å². The van der Waals surface area contributed by atoms with Gasteiger partial charge in [-0.25, -0.2) is 0 Å². The third-order valence-electron chi connectivity index (χ3n) is 3.16. The van der Waals surface area contributed by atoms with Gasteiger partial charge >= 0.3 is 0 Å². The molecule has 0 bridgehead atoms. The number of nitrogens with zero attached hydrogens (tertiary/aromatic N) is 2. The molecule has 1 aromatic heterocycles. The van der Waals surface area contributed by atoms with Crippen molar-refractivity contribution in [2.75, 3.05) is 7.11 Å². The van der Waals surface area contributed by atoms with Crippen LogP contribution < -0.4 is 4.74 Å². The Morgan fingerprint density at radius 1 is 1.05 bits per heavy atom. The summed E-state index contributed by atoms with van der Waals surface area (Å²) in [5.41, 5.74) is 3.96. The molecule has 3 nitrogen and oxygen atoms in total. The van der Waals surface area contributed by atoms with E-state index < -0.39 is 0 Å². The Bertz CT molecular complexity index is 743. The van der Waals surface area contributed by atoms with Crippen LogP contribution in [0.25, 0.3) is 22.2 Å². The number of methoxy groups -OCH3 is 1. The first-order valence-corrected chi connectivity index (χ1v) is 6.07. The van der Waals surface area contributed by atoms with Crippen LogP contribution in [-0.4, -0.2) is 17.1 Å². The monoisotopic (exact) mass is 338 g/mol. The average Bonchev–Trinajstić information content (AvgIpc) is 2.47. The van der Waals surface area contributed by atoms with Gasteiger partial charge in [-0.05, 0) is 30.3 Å². The molecule has 2 aromatic carbocycles. The number of rotatable bonds is 2. The van der Waals surface area contributed by atoms with E-state index in [4.69, 9.17) is 4.74 Å². The van der Waals surface area contributed by atoms with Crippen LogP contribution in [0.5, 0.6) is 5.75 Å². The Morgan fingerprint density at radius 3 is 2.65 bits per heavy atom. The zero-order valence-corrected chi connectivity index (χ0v) is 14.3. The molecular formula is C16H13N2OY-. The first kappa shape index (κ1) is 15.1. The first-order chi connectivity index (χ1) is 9.29. The molecule has 0 aliphatic rings. The Kier molecular flexibility index (Phi) is 4.84. The Hall–Kier alpha value is -1.32. The zero-order chi connectivity index (χ0) is 13.2. The predicted molar refractivity (Wildman–Crippen MR) is 75.1 cm³/mol. The van der Waals surface area contributed by atoms with Crippen LogP contribution in [0.1, 0.15) is 5.56 Å². The number of hydrogen-bond acceptors (Lipinski definition) is 3. The number of para-hydroxylation sites is 1. The maximum absolute atomic E-state index is 5.26. The van der Waals surface area contributed by atoms with E-state index in [9.17, 15) is 0 Å². The van der Waals surface area contributed by atoms with Crippen molar-refractivity contribution >= 4 is 10.9 Å². The van der Waals surface area contributed by atoms with E-state index in [-0.39, 0.29) is 32.7 Å². The normalized spacial score (nSPS) is 10.1. The van der Waals surface area contributed by atoms with Crippen molar-refractivity contribution in [3.05, 3.63) is 54.4 Å². The summed E-state index contributed by atoms with van der Waals surface area (Å²) in [6.07, 6.45) is 2.74. The molecule has 4 heteroatoms. The third kappa shape index (κ3) is 2.74. The molecular weight excluding hydrogens is 325 g/mol. The minimum absolute atomic E-state index is 0. The summed E-state index contributed by atoms with van der Waals surface area (Å²) in [5, 5.41) is 1.03. The summed E-state index contributed by atoms with van der Waals surface area (Å²) >= 11 is 0. The van der Waals surface area contributed by atoms with E-state index in [1.54, 1.807) is 7.11 Å². The number of ether oxygens (including phenoxy) is 1. The van der Waals surface area contributed by atoms with Crippen molar-refractivity contribution in [3.8, 4) is 17.0 Å². The van der Waals surface area contributed by atoms with E-state index in [1.165, 1.54) is 0 Å². The van der Waals surface area contributed by atoms with Crippen LogP contribution in [0.2, 0.25) is 0 Å². The van der Waals surface area contributed by atoms with Crippen molar-refractivity contribution in [1.82, 2.24) is 9.97 Å². The summed E-state index contributed by atoms with van der Waals surface area (Å²) in [6, 6.07) is 14.0. The van der Waals surface area contributed by atoms with Crippen molar-refractivity contribution in [2.45, 2.75) is 6.92 Å². The van der Waals surface area contributed by atoms with Gasteiger partial charge in [-0.3, -0.25) is 0 Å². The molecule has 0 unspecified atom stereocenters. The maximum Gasteiger partial charge on any atom is 0.118 e. The van der Waals surface area contributed by atoms with E-state index in [0.717, 1.165) is 33.5 Å². The van der Waals surface area contributed by atoms with Gasteiger partial charge in [0.1, 0.15) is 5.75 Å². The fraction of sp³-hybridized carbons (Fsp3) is 0.125. The fourth-order valence-corrected chi connectivity index (χ4v) is 2.17. The Balaban J connectivity index is 0.00000147. The SMILES string of the molecule is COc1cccc(-c2n[c-]nc3c(C)cccc23)c1.[Y]. The van der Waals surface area contributed by atoms with E-state index in [0.29, 0.717) is 0 Å². The summed E-state index contributed by atoms with van der Waals surface area (Å²) in [4.78, 5) is 8.54. The molecule has 0 aliphatic heterocycles. The fourth-order valence-electron chi connectivity index (χ4n) is 2.17. The molecule has 1 heterocycles. The number of hydrogen-bond donors (Lipinski definition) is 0. The number of fused-ring (bicyclic) bond motifs is 1. The summed E-state index contributed by atoms with van der Waals surface area (Å²) in [6.45, 7) is 2.04. The van der Waals surface area contributed by atoms with Gasteiger partial charge in [0.05, 0.1) is 7.11 Å². The molecule has 0 aliphatic carbocycles. The van der Waals surface area contributed by atoms with Crippen molar-refractivity contribution < 1.29 is 37.4 Å². The first-order valence-electron chi connectivity index (χ1n) is 6.07.